The number of aliphatic hydroxyl groups is 1. The second-order valence-corrected chi connectivity index (χ2v) is 9.03. The van der Waals surface area contributed by atoms with Gasteiger partial charge in [-0.15, -0.1) is 0 Å². The first-order chi connectivity index (χ1) is 13.3. The fourth-order valence-electron chi connectivity index (χ4n) is 3.77. The molecule has 0 spiro atoms. The highest BCUT2D eigenvalue weighted by Crippen LogP contribution is 2.30. The van der Waals surface area contributed by atoms with E-state index in [0.717, 1.165) is 24.2 Å². The number of piperidine rings is 1. The van der Waals surface area contributed by atoms with Crippen LogP contribution in [0.25, 0.3) is 0 Å². The van der Waals surface area contributed by atoms with Crippen molar-refractivity contribution in [2.45, 2.75) is 50.1 Å². The summed E-state index contributed by atoms with van der Waals surface area (Å²) in [6.45, 7) is 3.48. The maximum atomic E-state index is 13.0. The molecule has 1 fully saturated rings. The number of rotatable bonds is 6. The molecule has 152 valence electrons. The Balaban J connectivity index is 1.76. The van der Waals surface area contributed by atoms with Crippen molar-refractivity contribution >= 4 is 27.5 Å². The number of nitrogens with one attached hydrogen (secondary N) is 1. The third-order valence-corrected chi connectivity index (χ3v) is 7.30. The molecule has 0 aromatic heterocycles. The molecule has 2 heterocycles. The minimum absolute atomic E-state index is 0.0451. The van der Waals surface area contributed by atoms with Crippen LogP contribution in [0.1, 0.15) is 33.1 Å². The zero-order valence-corrected chi connectivity index (χ0v) is 16.8. The summed E-state index contributed by atoms with van der Waals surface area (Å²) < 4.78 is 27.7. The molecule has 8 nitrogen and oxygen atoms in total. The van der Waals surface area contributed by atoms with Gasteiger partial charge in [-0.25, -0.2) is 8.42 Å². The zero-order valence-electron chi connectivity index (χ0n) is 16.0. The van der Waals surface area contributed by atoms with Crippen molar-refractivity contribution in [1.82, 2.24) is 9.21 Å². The number of hydrogen-bond donors (Lipinski definition) is 2. The first-order valence-corrected chi connectivity index (χ1v) is 10.8. The number of carbonyl (C=O) groups excluding carboxylic acids is 2. The molecule has 3 rings (SSSR count). The Kier molecular flexibility index (Phi) is 5.87. The van der Waals surface area contributed by atoms with Gasteiger partial charge in [-0.2, -0.15) is 4.31 Å². The number of sulfonamides is 1. The molecule has 0 saturated carbocycles. The molecule has 2 unspecified atom stereocenters. The Morgan fingerprint density at radius 1 is 1.11 bits per heavy atom. The number of β-amino-alcohol motifs (C(OH)–C–C–N with tert-alkyl or cyclic N) is 1. The summed E-state index contributed by atoms with van der Waals surface area (Å²) in [5, 5.41) is 11.8. The normalized spacial score (nSPS) is 23.8. The number of nitrogens with zero attached hydrogens (tertiary/aromatic N) is 2. The molecule has 28 heavy (non-hydrogen) atoms. The summed E-state index contributed by atoms with van der Waals surface area (Å²) in [5.41, 5.74) is 0.587. The fraction of sp³-hybridized carbons (Fsp3) is 0.474. The highest BCUT2D eigenvalue weighted by molar-refractivity contribution is 7.89. The second-order valence-electron chi connectivity index (χ2n) is 7.19. The minimum Gasteiger partial charge on any atom is -0.395 e. The predicted molar refractivity (Wildman–Crippen MR) is 104 cm³/mol. The van der Waals surface area contributed by atoms with Crippen molar-refractivity contribution < 1.29 is 23.1 Å². The number of carbonyl (C=O) groups is 2. The van der Waals surface area contributed by atoms with Gasteiger partial charge in [-0.3, -0.25) is 14.5 Å². The van der Waals surface area contributed by atoms with Crippen LogP contribution in [0.2, 0.25) is 0 Å². The van der Waals surface area contributed by atoms with Crippen LogP contribution in [-0.4, -0.2) is 59.8 Å². The molecule has 0 aliphatic carbocycles. The average Bonchev–Trinajstić information content (AvgIpc) is 2.90. The molecule has 1 aromatic carbocycles. The predicted octanol–water partition coefficient (Wildman–Crippen LogP) is 1.30. The Hall–Kier alpha value is -2.23. The number of aliphatic hydroxyl groups excluding tert-OH is 1. The van der Waals surface area contributed by atoms with E-state index in [2.05, 4.69) is 5.32 Å². The van der Waals surface area contributed by atoms with Crippen molar-refractivity contribution in [2.75, 3.05) is 18.5 Å². The molecule has 1 aromatic rings. The van der Waals surface area contributed by atoms with Crippen molar-refractivity contribution in [3.63, 3.8) is 0 Å². The third-order valence-electron chi connectivity index (χ3n) is 5.15. The van der Waals surface area contributed by atoms with E-state index in [-0.39, 0.29) is 35.8 Å². The summed E-state index contributed by atoms with van der Waals surface area (Å²) in [6.07, 6.45) is 3.88. The standard InChI is InChI=1S/C19H25N3O5S/c1-13-4-3-5-14(2)22(13)28(26,27)16-8-6-15(7-9-16)20-17-12-18(24)21(10-11-23)19(17)25/h6-9,12-14,20,23H,3-5,10-11H2,1-2H3. The van der Waals surface area contributed by atoms with E-state index in [1.165, 1.54) is 18.2 Å². The molecular formula is C19H25N3O5S. The molecule has 2 amide bonds. The van der Waals surface area contributed by atoms with E-state index < -0.39 is 21.8 Å². The van der Waals surface area contributed by atoms with Gasteiger partial charge in [0.25, 0.3) is 11.8 Å². The molecule has 0 bridgehead atoms. The van der Waals surface area contributed by atoms with Gasteiger partial charge in [0.1, 0.15) is 5.70 Å². The smallest absolute Gasteiger partial charge is 0.277 e. The van der Waals surface area contributed by atoms with Crippen LogP contribution in [0, 0.1) is 0 Å². The van der Waals surface area contributed by atoms with E-state index >= 15 is 0 Å². The quantitative estimate of drug-likeness (QED) is 0.689. The lowest BCUT2D eigenvalue weighted by Crippen LogP contribution is -2.47. The summed E-state index contributed by atoms with van der Waals surface area (Å²) in [6, 6.07) is 6.05. The zero-order chi connectivity index (χ0) is 20.5. The fourth-order valence-corrected chi connectivity index (χ4v) is 5.65. The summed E-state index contributed by atoms with van der Waals surface area (Å²) in [4.78, 5) is 25.1. The minimum atomic E-state index is -3.61. The van der Waals surface area contributed by atoms with Crippen LogP contribution in [0.5, 0.6) is 0 Å². The maximum Gasteiger partial charge on any atom is 0.277 e. The highest BCUT2D eigenvalue weighted by atomic mass is 32.2. The molecule has 2 aliphatic heterocycles. The van der Waals surface area contributed by atoms with Crippen LogP contribution in [0.4, 0.5) is 5.69 Å². The lowest BCUT2D eigenvalue weighted by atomic mass is 10.0. The molecule has 1 saturated heterocycles. The summed E-state index contributed by atoms with van der Waals surface area (Å²) in [7, 11) is -3.61. The molecular weight excluding hydrogens is 382 g/mol. The third kappa shape index (κ3) is 3.82. The number of benzene rings is 1. The maximum absolute atomic E-state index is 13.0. The van der Waals surface area contributed by atoms with Crippen molar-refractivity contribution in [2.24, 2.45) is 0 Å². The lowest BCUT2D eigenvalue weighted by molar-refractivity contribution is -0.137. The van der Waals surface area contributed by atoms with Gasteiger partial charge in [0, 0.05) is 23.8 Å². The number of anilines is 1. The molecule has 9 heteroatoms. The van der Waals surface area contributed by atoms with Gasteiger partial charge in [0.2, 0.25) is 10.0 Å². The Labute approximate surface area is 164 Å². The molecule has 2 N–H and O–H groups in total. The molecule has 2 atom stereocenters. The number of amides is 2. The van der Waals surface area contributed by atoms with Crippen LogP contribution < -0.4 is 5.32 Å². The van der Waals surface area contributed by atoms with E-state index in [9.17, 15) is 18.0 Å². The van der Waals surface area contributed by atoms with E-state index in [4.69, 9.17) is 5.11 Å². The number of imide groups is 1. The van der Waals surface area contributed by atoms with Crippen LogP contribution >= 0.6 is 0 Å². The van der Waals surface area contributed by atoms with E-state index in [1.807, 2.05) is 13.8 Å². The van der Waals surface area contributed by atoms with Crippen molar-refractivity contribution in [3.05, 3.63) is 36.0 Å². The number of hydrogen-bond acceptors (Lipinski definition) is 6. The van der Waals surface area contributed by atoms with Crippen LogP contribution in [0.3, 0.4) is 0 Å². The topological polar surface area (TPSA) is 107 Å². The van der Waals surface area contributed by atoms with Gasteiger partial charge in [-0.1, -0.05) is 6.42 Å². The van der Waals surface area contributed by atoms with Crippen LogP contribution in [0.15, 0.2) is 40.9 Å². The summed E-state index contributed by atoms with van der Waals surface area (Å²) >= 11 is 0. The van der Waals surface area contributed by atoms with Gasteiger partial charge >= 0.3 is 0 Å². The van der Waals surface area contributed by atoms with Crippen LogP contribution in [-0.2, 0) is 19.6 Å². The molecule has 0 radical (unpaired) electrons. The molecule has 2 aliphatic rings. The largest absolute Gasteiger partial charge is 0.395 e. The van der Waals surface area contributed by atoms with Gasteiger partial charge < -0.3 is 10.4 Å². The van der Waals surface area contributed by atoms with Gasteiger partial charge in [0.15, 0.2) is 0 Å². The van der Waals surface area contributed by atoms with E-state index in [0.29, 0.717) is 5.69 Å². The summed E-state index contributed by atoms with van der Waals surface area (Å²) in [5.74, 6) is -1.01. The monoisotopic (exact) mass is 407 g/mol. The Bertz CT molecular complexity index is 885. The first-order valence-electron chi connectivity index (χ1n) is 9.34. The first kappa shape index (κ1) is 20.5. The van der Waals surface area contributed by atoms with Gasteiger partial charge in [0.05, 0.1) is 18.0 Å². The van der Waals surface area contributed by atoms with Crippen molar-refractivity contribution in [3.8, 4) is 0 Å². The SMILES string of the molecule is CC1CCCC(C)N1S(=O)(=O)c1ccc(NC2=CC(=O)N(CCO)C2=O)cc1. The van der Waals surface area contributed by atoms with Gasteiger partial charge in [-0.05, 0) is 51.0 Å². The second kappa shape index (κ2) is 8.02. The highest BCUT2D eigenvalue weighted by Gasteiger charge is 2.35. The van der Waals surface area contributed by atoms with Crippen molar-refractivity contribution in [1.29, 1.82) is 0 Å². The Morgan fingerprint density at radius 2 is 1.71 bits per heavy atom. The lowest BCUT2D eigenvalue weighted by Gasteiger charge is -2.37. The van der Waals surface area contributed by atoms with E-state index in [1.54, 1.807) is 16.4 Å². The Morgan fingerprint density at radius 3 is 2.29 bits per heavy atom. The average molecular weight is 407 g/mol.